The summed E-state index contributed by atoms with van der Waals surface area (Å²) >= 11 is 0. The molecule has 0 saturated carbocycles. The number of rotatable bonds is 6. The summed E-state index contributed by atoms with van der Waals surface area (Å²) in [6.07, 6.45) is 1.08. The fourth-order valence-electron chi connectivity index (χ4n) is 3.83. The second-order valence-electron chi connectivity index (χ2n) is 8.15. The molecular weight excluding hydrogens is 370 g/mol. The summed E-state index contributed by atoms with van der Waals surface area (Å²) in [6.45, 7) is 8.72. The predicted molar refractivity (Wildman–Crippen MR) is 116 cm³/mol. The van der Waals surface area contributed by atoms with Crippen LogP contribution < -0.4 is 10.0 Å². The molecule has 0 spiro atoms. The second-order valence-corrected chi connectivity index (χ2v) is 9.84. The maximum absolute atomic E-state index is 12.7. The highest BCUT2D eigenvalue weighted by Crippen LogP contribution is 2.31. The maximum Gasteiger partial charge on any atom is 0.261 e. The van der Waals surface area contributed by atoms with Gasteiger partial charge in [0, 0.05) is 18.3 Å². The van der Waals surface area contributed by atoms with Crippen molar-refractivity contribution in [3.8, 4) is 0 Å². The Morgan fingerprint density at radius 2 is 1.82 bits per heavy atom. The standard InChI is InChI=1S/C22H31N3O2S/c1-16(2)20-11-10-18(24-28(26,27)19-8-6-5-7-9-19)14-22(20)23-21-12-13-25(4)15-17(21)3/h5-11,14,16-17,21,23-24H,12-13,15H2,1-4H3. The molecule has 2 N–H and O–H groups in total. The Kier molecular flexibility index (Phi) is 6.30. The predicted octanol–water partition coefficient (Wildman–Crippen LogP) is 4.36. The number of piperidine rings is 1. The van der Waals surface area contributed by atoms with Crippen molar-refractivity contribution in [2.45, 2.75) is 44.0 Å². The zero-order valence-corrected chi connectivity index (χ0v) is 18.0. The van der Waals surface area contributed by atoms with Crippen LogP contribution in [0.15, 0.2) is 53.4 Å². The van der Waals surface area contributed by atoms with Crippen LogP contribution in [0.25, 0.3) is 0 Å². The normalized spacial score (nSPS) is 20.9. The minimum atomic E-state index is -3.60. The number of likely N-dealkylation sites (tertiary alicyclic amines) is 1. The monoisotopic (exact) mass is 401 g/mol. The summed E-state index contributed by atoms with van der Waals surface area (Å²) in [5.74, 6) is 0.882. The molecule has 1 fully saturated rings. The number of hydrogen-bond acceptors (Lipinski definition) is 4. The van der Waals surface area contributed by atoms with Gasteiger partial charge in [0.15, 0.2) is 0 Å². The van der Waals surface area contributed by atoms with Gasteiger partial charge in [-0.3, -0.25) is 4.72 Å². The molecule has 2 unspecified atom stereocenters. The van der Waals surface area contributed by atoms with E-state index >= 15 is 0 Å². The van der Waals surface area contributed by atoms with E-state index < -0.39 is 10.0 Å². The summed E-state index contributed by atoms with van der Waals surface area (Å²) in [5.41, 5.74) is 2.80. The molecule has 6 heteroatoms. The molecule has 0 aromatic heterocycles. The minimum Gasteiger partial charge on any atom is -0.382 e. The van der Waals surface area contributed by atoms with E-state index in [0.717, 1.165) is 25.2 Å². The minimum absolute atomic E-state index is 0.265. The first-order valence-corrected chi connectivity index (χ1v) is 11.4. The maximum atomic E-state index is 12.7. The molecule has 1 aliphatic heterocycles. The molecule has 0 amide bonds. The Balaban J connectivity index is 1.85. The molecule has 152 valence electrons. The van der Waals surface area contributed by atoms with Crippen LogP contribution in [0.2, 0.25) is 0 Å². The summed E-state index contributed by atoms with van der Waals surface area (Å²) in [7, 11) is -1.44. The zero-order valence-electron chi connectivity index (χ0n) is 17.1. The first-order chi connectivity index (χ1) is 13.3. The van der Waals surface area contributed by atoms with Crippen molar-refractivity contribution < 1.29 is 8.42 Å². The number of sulfonamides is 1. The van der Waals surface area contributed by atoms with Crippen molar-refractivity contribution in [3.05, 3.63) is 54.1 Å². The number of nitrogens with one attached hydrogen (secondary N) is 2. The van der Waals surface area contributed by atoms with Gasteiger partial charge >= 0.3 is 0 Å². The first-order valence-electron chi connectivity index (χ1n) is 9.93. The third-order valence-corrected chi connectivity index (χ3v) is 6.83. The van der Waals surface area contributed by atoms with Gasteiger partial charge in [0.2, 0.25) is 0 Å². The van der Waals surface area contributed by atoms with Gasteiger partial charge in [0.1, 0.15) is 0 Å². The van der Waals surface area contributed by atoms with Gasteiger partial charge in [-0.05, 0) is 61.7 Å². The van der Waals surface area contributed by atoms with Gasteiger partial charge in [-0.25, -0.2) is 8.42 Å². The first kappa shape index (κ1) is 20.7. The summed E-state index contributed by atoms with van der Waals surface area (Å²) in [6, 6.07) is 14.6. The van der Waals surface area contributed by atoms with Crippen molar-refractivity contribution in [1.29, 1.82) is 0 Å². The lowest BCUT2D eigenvalue weighted by molar-refractivity contribution is 0.206. The van der Waals surface area contributed by atoms with E-state index in [1.165, 1.54) is 5.56 Å². The average molecular weight is 402 g/mol. The Morgan fingerprint density at radius 1 is 1.11 bits per heavy atom. The van der Waals surface area contributed by atoms with Crippen molar-refractivity contribution in [1.82, 2.24) is 4.90 Å². The third-order valence-electron chi connectivity index (χ3n) is 5.43. The van der Waals surface area contributed by atoms with Crippen LogP contribution in [-0.4, -0.2) is 39.5 Å². The lowest BCUT2D eigenvalue weighted by Gasteiger charge is -2.36. The van der Waals surface area contributed by atoms with E-state index in [0.29, 0.717) is 23.6 Å². The van der Waals surface area contributed by atoms with E-state index in [1.807, 2.05) is 18.2 Å². The lowest BCUT2D eigenvalue weighted by atomic mass is 9.92. The summed E-state index contributed by atoms with van der Waals surface area (Å²) in [5, 5.41) is 3.71. The average Bonchev–Trinajstić information content (AvgIpc) is 2.64. The van der Waals surface area contributed by atoms with E-state index in [-0.39, 0.29) is 4.90 Å². The summed E-state index contributed by atoms with van der Waals surface area (Å²) in [4.78, 5) is 2.62. The van der Waals surface area contributed by atoms with E-state index in [4.69, 9.17) is 0 Å². The molecule has 3 rings (SSSR count). The number of benzene rings is 2. The van der Waals surface area contributed by atoms with E-state index in [9.17, 15) is 8.42 Å². The van der Waals surface area contributed by atoms with Crippen molar-refractivity contribution in [3.63, 3.8) is 0 Å². The van der Waals surface area contributed by atoms with Crippen LogP contribution in [0.4, 0.5) is 11.4 Å². The summed E-state index contributed by atoms with van der Waals surface area (Å²) < 4.78 is 28.1. The Hall–Kier alpha value is -2.05. The van der Waals surface area contributed by atoms with Crippen LogP contribution in [0, 0.1) is 5.92 Å². The molecule has 2 aromatic rings. The molecule has 1 saturated heterocycles. The van der Waals surface area contributed by atoms with Gasteiger partial charge in [0.25, 0.3) is 10.0 Å². The van der Waals surface area contributed by atoms with E-state index in [2.05, 4.69) is 42.8 Å². The van der Waals surface area contributed by atoms with Crippen molar-refractivity contribution in [2.24, 2.45) is 5.92 Å². The van der Waals surface area contributed by atoms with Gasteiger partial charge in [-0.1, -0.05) is 45.0 Å². The molecule has 2 atom stereocenters. The molecule has 0 aliphatic carbocycles. The number of nitrogens with zero attached hydrogens (tertiary/aromatic N) is 1. The molecule has 2 aromatic carbocycles. The smallest absolute Gasteiger partial charge is 0.261 e. The zero-order chi connectivity index (χ0) is 20.3. The second kappa shape index (κ2) is 8.53. The van der Waals surface area contributed by atoms with Gasteiger partial charge in [-0.15, -0.1) is 0 Å². The van der Waals surface area contributed by atoms with Crippen LogP contribution in [-0.2, 0) is 10.0 Å². The van der Waals surface area contributed by atoms with Crippen LogP contribution in [0.3, 0.4) is 0 Å². The Morgan fingerprint density at radius 3 is 2.46 bits per heavy atom. The quantitative estimate of drug-likeness (QED) is 0.755. The highest BCUT2D eigenvalue weighted by atomic mass is 32.2. The van der Waals surface area contributed by atoms with Crippen LogP contribution in [0.1, 0.15) is 38.7 Å². The fourth-order valence-corrected chi connectivity index (χ4v) is 4.90. The van der Waals surface area contributed by atoms with Gasteiger partial charge in [-0.2, -0.15) is 0 Å². The van der Waals surface area contributed by atoms with E-state index in [1.54, 1.807) is 30.3 Å². The Bertz CT molecular complexity index is 897. The molecule has 0 bridgehead atoms. The topological polar surface area (TPSA) is 61.4 Å². The molecule has 28 heavy (non-hydrogen) atoms. The highest BCUT2D eigenvalue weighted by molar-refractivity contribution is 7.92. The molecule has 5 nitrogen and oxygen atoms in total. The van der Waals surface area contributed by atoms with Crippen molar-refractivity contribution in [2.75, 3.05) is 30.2 Å². The van der Waals surface area contributed by atoms with Gasteiger partial charge < -0.3 is 10.2 Å². The highest BCUT2D eigenvalue weighted by Gasteiger charge is 2.25. The SMILES string of the molecule is CC(C)c1ccc(NS(=O)(=O)c2ccccc2)cc1NC1CCN(C)CC1C. The number of hydrogen-bond donors (Lipinski definition) is 2. The van der Waals surface area contributed by atoms with Gasteiger partial charge in [0.05, 0.1) is 10.6 Å². The largest absolute Gasteiger partial charge is 0.382 e. The molecule has 1 aliphatic rings. The Labute approximate surface area is 169 Å². The van der Waals surface area contributed by atoms with Crippen LogP contribution >= 0.6 is 0 Å². The molecule has 0 radical (unpaired) electrons. The molecular formula is C22H31N3O2S. The van der Waals surface area contributed by atoms with Crippen LogP contribution in [0.5, 0.6) is 0 Å². The fraction of sp³-hybridized carbons (Fsp3) is 0.455. The number of anilines is 2. The lowest BCUT2D eigenvalue weighted by Crippen LogP contribution is -2.43. The molecule has 1 heterocycles. The van der Waals surface area contributed by atoms with Crippen molar-refractivity contribution >= 4 is 21.4 Å². The third kappa shape index (κ3) is 4.86.